The average Bonchev–Trinajstić information content (AvgIpc) is 3.37. The molecule has 1 amide bonds. The molecule has 2 heterocycles. The lowest BCUT2D eigenvalue weighted by Crippen LogP contribution is -2.25. The van der Waals surface area contributed by atoms with Gasteiger partial charge in [-0.3, -0.25) is 9.69 Å². The van der Waals surface area contributed by atoms with E-state index in [9.17, 15) is 4.79 Å². The molecule has 3 rings (SSSR count). The van der Waals surface area contributed by atoms with E-state index in [-0.39, 0.29) is 17.7 Å². The van der Waals surface area contributed by atoms with E-state index >= 15 is 0 Å². The topological polar surface area (TPSA) is 76.2 Å². The van der Waals surface area contributed by atoms with Gasteiger partial charge in [0.1, 0.15) is 5.76 Å². The molecule has 7 nitrogen and oxygen atoms in total. The monoisotopic (exact) mass is 413 g/mol. The Labute approximate surface area is 175 Å². The first-order chi connectivity index (χ1) is 14.1. The van der Waals surface area contributed by atoms with Crippen LogP contribution < -0.4 is 5.32 Å². The molecular weight excluding hydrogens is 386 g/mol. The number of benzene rings is 1. The number of carbonyl (C=O) groups excluding carboxylic acids is 1. The van der Waals surface area contributed by atoms with Gasteiger partial charge in [-0.2, -0.15) is 0 Å². The summed E-state index contributed by atoms with van der Waals surface area (Å²) >= 11 is 1.40. The number of thioether (sulfide) groups is 1. The smallest absolute Gasteiger partial charge is 0.230 e. The number of carbonyl (C=O) groups is 1. The van der Waals surface area contributed by atoms with Crippen LogP contribution in [0.4, 0.5) is 0 Å². The van der Waals surface area contributed by atoms with Crippen molar-refractivity contribution in [1.82, 2.24) is 25.0 Å². The zero-order valence-corrected chi connectivity index (χ0v) is 17.9. The third-order valence-electron chi connectivity index (χ3n) is 4.61. The van der Waals surface area contributed by atoms with E-state index in [4.69, 9.17) is 4.42 Å². The molecule has 8 heteroatoms. The molecule has 0 aliphatic carbocycles. The maximum Gasteiger partial charge on any atom is 0.230 e. The normalized spacial score (nSPS) is 12.3. The number of amides is 1. The maximum atomic E-state index is 12.2. The second kappa shape index (κ2) is 10.3. The lowest BCUT2D eigenvalue weighted by atomic mass is 10.2. The van der Waals surface area contributed by atoms with Gasteiger partial charge in [0, 0.05) is 0 Å². The minimum atomic E-state index is -0.0677. The largest absolute Gasteiger partial charge is 0.467 e. The molecule has 0 saturated carbocycles. The summed E-state index contributed by atoms with van der Waals surface area (Å²) in [5.41, 5.74) is 1.17. The molecule has 0 bridgehead atoms. The van der Waals surface area contributed by atoms with Gasteiger partial charge in [0.2, 0.25) is 5.91 Å². The Morgan fingerprint density at radius 3 is 2.66 bits per heavy atom. The SMILES string of the molecule is CC[C@H](c1nnc(SCC(=O)NCc2ccco2)n1Cc1ccccc1)N(C)C. The summed E-state index contributed by atoms with van der Waals surface area (Å²) in [7, 11) is 4.09. The molecule has 0 spiro atoms. The first-order valence-electron chi connectivity index (χ1n) is 9.63. The highest BCUT2D eigenvalue weighted by Crippen LogP contribution is 2.26. The number of nitrogens with one attached hydrogen (secondary N) is 1. The second-order valence-corrected chi connectivity index (χ2v) is 7.89. The first-order valence-corrected chi connectivity index (χ1v) is 10.6. The molecule has 0 aliphatic heterocycles. The van der Waals surface area contributed by atoms with Crippen molar-refractivity contribution in [3.8, 4) is 0 Å². The van der Waals surface area contributed by atoms with E-state index < -0.39 is 0 Å². The summed E-state index contributed by atoms with van der Waals surface area (Å²) < 4.78 is 7.36. The van der Waals surface area contributed by atoms with Crippen LogP contribution in [-0.2, 0) is 17.9 Å². The van der Waals surface area contributed by atoms with Gasteiger partial charge in [0.25, 0.3) is 0 Å². The van der Waals surface area contributed by atoms with Gasteiger partial charge < -0.3 is 14.3 Å². The van der Waals surface area contributed by atoms with Crippen LogP contribution in [0.15, 0.2) is 58.3 Å². The minimum Gasteiger partial charge on any atom is -0.467 e. The zero-order valence-electron chi connectivity index (χ0n) is 17.0. The van der Waals surface area contributed by atoms with Crippen molar-refractivity contribution in [1.29, 1.82) is 0 Å². The van der Waals surface area contributed by atoms with Crippen LogP contribution in [0.2, 0.25) is 0 Å². The van der Waals surface area contributed by atoms with E-state index in [0.717, 1.165) is 23.2 Å². The van der Waals surface area contributed by atoms with Gasteiger partial charge in [-0.15, -0.1) is 10.2 Å². The van der Waals surface area contributed by atoms with E-state index in [1.165, 1.54) is 17.3 Å². The molecule has 1 N–H and O–H groups in total. The Bertz CT molecular complexity index is 893. The summed E-state index contributed by atoms with van der Waals surface area (Å²) in [5, 5.41) is 12.5. The van der Waals surface area contributed by atoms with Gasteiger partial charge in [0.15, 0.2) is 11.0 Å². The van der Waals surface area contributed by atoms with Crippen molar-refractivity contribution >= 4 is 17.7 Å². The van der Waals surface area contributed by atoms with E-state index in [1.54, 1.807) is 12.3 Å². The van der Waals surface area contributed by atoms with Gasteiger partial charge in [-0.1, -0.05) is 49.0 Å². The molecule has 1 atom stereocenters. The molecule has 2 aromatic heterocycles. The zero-order chi connectivity index (χ0) is 20.6. The van der Waals surface area contributed by atoms with Crippen LogP contribution in [0.5, 0.6) is 0 Å². The third kappa shape index (κ3) is 5.71. The van der Waals surface area contributed by atoms with Crippen molar-refractivity contribution in [2.75, 3.05) is 19.8 Å². The molecule has 29 heavy (non-hydrogen) atoms. The molecule has 0 fully saturated rings. The molecule has 3 aromatic rings. The Kier molecular flexibility index (Phi) is 7.48. The fraction of sp³-hybridized carbons (Fsp3) is 0.381. The highest BCUT2D eigenvalue weighted by molar-refractivity contribution is 7.99. The Balaban J connectivity index is 1.72. The van der Waals surface area contributed by atoms with E-state index in [0.29, 0.717) is 13.1 Å². The number of aromatic nitrogens is 3. The van der Waals surface area contributed by atoms with Crippen molar-refractivity contribution in [2.24, 2.45) is 0 Å². The predicted molar refractivity (Wildman–Crippen MR) is 114 cm³/mol. The molecule has 0 unspecified atom stereocenters. The molecule has 1 aromatic carbocycles. The molecular formula is C21H27N5O2S. The lowest BCUT2D eigenvalue weighted by molar-refractivity contribution is -0.118. The fourth-order valence-electron chi connectivity index (χ4n) is 3.13. The summed E-state index contributed by atoms with van der Waals surface area (Å²) in [6.07, 6.45) is 2.52. The summed E-state index contributed by atoms with van der Waals surface area (Å²) in [6, 6.07) is 14.0. The highest BCUT2D eigenvalue weighted by atomic mass is 32.2. The minimum absolute atomic E-state index is 0.0677. The van der Waals surface area contributed by atoms with Crippen LogP contribution in [-0.4, -0.2) is 45.4 Å². The second-order valence-electron chi connectivity index (χ2n) is 6.94. The van der Waals surface area contributed by atoms with Crippen molar-refractivity contribution in [3.05, 3.63) is 65.9 Å². The molecule has 0 radical (unpaired) electrons. The van der Waals surface area contributed by atoms with Crippen LogP contribution in [0, 0.1) is 0 Å². The summed E-state index contributed by atoms with van der Waals surface area (Å²) in [6.45, 7) is 3.19. The number of hydrogen-bond donors (Lipinski definition) is 1. The van der Waals surface area contributed by atoms with Crippen LogP contribution in [0.3, 0.4) is 0 Å². The number of furan rings is 1. The van der Waals surface area contributed by atoms with Crippen LogP contribution in [0.25, 0.3) is 0 Å². The van der Waals surface area contributed by atoms with Gasteiger partial charge in [-0.25, -0.2) is 0 Å². The molecule has 0 aliphatic rings. The van der Waals surface area contributed by atoms with Crippen molar-refractivity contribution in [3.63, 3.8) is 0 Å². The van der Waals surface area contributed by atoms with Crippen molar-refractivity contribution < 1.29 is 9.21 Å². The van der Waals surface area contributed by atoms with E-state index in [1.807, 2.05) is 38.4 Å². The van der Waals surface area contributed by atoms with Gasteiger partial charge in [0.05, 0.1) is 31.1 Å². The summed E-state index contributed by atoms with van der Waals surface area (Å²) in [5.74, 6) is 1.85. The average molecular weight is 414 g/mol. The molecule has 154 valence electrons. The standard InChI is InChI=1S/C21H27N5O2S/c1-4-18(25(2)3)20-23-24-21(26(20)14-16-9-6-5-7-10-16)29-15-19(27)22-13-17-11-8-12-28-17/h5-12,18H,4,13-15H2,1-3H3,(H,22,27)/t18-/m1/s1. The highest BCUT2D eigenvalue weighted by Gasteiger charge is 2.22. The number of rotatable bonds is 10. The van der Waals surface area contributed by atoms with E-state index in [2.05, 4.69) is 44.0 Å². The Hall–Kier alpha value is -2.58. The molecule has 0 saturated heterocycles. The third-order valence-corrected chi connectivity index (χ3v) is 5.58. The number of hydrogen-bond acceptors (Lipinski definition) is 6. The van der Waals surface area contributed by atoms with Crippen LogP contribution >= 0.6 is 11.8 Å². The predicted octanol–water partition coefficient (Wildman–Crippen LogP) is 3.34. The first kappa shape index (κ1) is 21.1. The quantitative estimate of drug-likeness (QED) is 0.514. The Morgan fingerprint density at radius 2 is 2.00 bits per heavy atom. The van der Waals surface area contributed by atoms with Crippen LogP contribution in [0.1, 0.15) is 36.5 Å². The van der Waals surface area contributed by atoms with Gasteiger partial charge >= 0.3 is 0 Å². The summed E-state index contributed by atoms with van der Waals surface area (Å²) in [4.78, 5) is 14.4. The lowest BCUT2D eigenvalue weighted by Gasteiger charge is -2.23. The Morgan fingerprint density at radius 1 is 1.21 bits per heavy atom. The maximum absolute atomic E-state index is 12.2. The van der Waals surface area contributed by atoms with Gasteiger partial charge in [-0.05, 0) is 38.2 Å². The number of nitrogens with zero attached hydrogens (tertiary/aromatic N) is 4. The fourth-order valence-corrected chi connectivity index (χ4v) is 3.90. The van der Waals surface area contributed by atoms with Crippen molar-refractivity contribution in [2.45, 2.75) is 37.6 Å².